The fourth-order valence-corrected chi connectivity index (χ4v) is 1.79. The van der Waals surface area contributed by atoms with Gasteiger partial charge in [0.1, 0.15) is 5.82 Å². The van der Waals surface area contributed by atoms with Gasteiger partial charge in [-0.25, -0.2) is 9.78 Å². The fraction of sp³-hybridized carbons (Fsp3) is 0.400. The topological polar surface area (TPSA) is 63.2 Å². The zero-order chi connectivity index (χ0) is 11.4. The van der Waals surface area contributed by atoms with Crippen LogP contribution in [-0.2, 0) is 4.74 Å². The summed E-state index contributed by atoms with van der Waals surface area (Å²) in [5.41, 5.74) is 0. The minimum absolute atomic E-state index is 0.104. The quantitative estimate of drug-likeness (QED) is 0.870. The Bertz CT molecular complexity index is 380. The maximum absolute atomic E-state index is 11.5. The first-order chi connectivity index (χ1) is 7.74. The number of halogens is 1. The van der Waals surface area contributed by atoms with Crippen molar-refractivity contribution in [3.63, 3.8) is 0 Å². The molecule has 0 radical (unpaired) electrons. The Morgan fingerprint density at radius 1 is 1.62 bits per heavy atom. The molecular weight excluding hydrogens is 274 g/mol. The summed E-state index contributed by atoms with van der Waals surface area (Å²) in [6.45, 7) is 1.29. The summed E-state index contributed by atoms with van der Waals surface area (Å²) in [7, 11) is 0. The van der Waals surface area contributed by atoms with Gasteiger partial charge in [-0.1, -0.05) is 15.9 Å². The molecule has 0 bridgehead atoms. The van der Waals surface area contributed by atoms with Gasteiger partial charge in [-0.3, -0.25) is 5.32 Å². The highest BCUT2D eigenvalue weighted by atomic mass is 79.9. The number of hydrogen-bond donors (Lipinski definition) is 2. The van der Waals surface area contributed by atoms with Crippen molar-refractivity contribution in [1.29, 1.82) is 0 Å². The first kappa shape index (κ1) is 11.3. The van der Waals surface area contributed by atoms with Crippen LogP contribution >= 0.6 is 15.9 Å². The molecule has 0 aliphatic carbocycles. The summed E-state index contributed by atoms with van der Waals surface area (Å²) >= 11 is 3.31. The van der Waals surface area contributed by atoms with Crippen LogP contribution in [-0.4, -0.2) is 30.3 Å². The lowest BCUT2D eigenvalue weighted by molar-refractivity contribution is 0.189. The van der Waals surface area contributed by atoms with Gasteiger partial charge in [0.15, 0.2) is 0 Å². The third-order valence-electron chi connectivity index (χ3n) is 2.23. The maximum atomic E-state index is 11.5. The van der Waals surface area contributed by atoms with Crippen LogP contribution in [0.25, 0.3) is 0 Å². The van der Waals surface area contributed by atoms with Gasteiger partial charge in [-0.05, 0) is 18.6 Å². The molecule has 1 fully saturated rings. The van der Waals surface area contributed by atoms with E-state index in [-0.39, 0.29) is 12.1 Å². The van der Waals surface area contributed by atoms with Crippen LogP contribution in [0.15, 0.2) is 22.8 Å². The highest BCUT2D eigenvalue weighted by Crippen LogP contribution is 2.12. The zero-order valence-electron chi connectivity index (χ0n) is 8.57. The number of urea groups is 1. The van der Waals surface area contributed by atoms with Gasteiger partial charge in [0.05, 0.1) is 12.6 Å². The summed E-state index contributed by atoms with van der Waals surface area (Å²) < 4.78 is 6.04. The fourth-order valence-electron chi connectivity index (χ4n) is 1.46. The number of anilines is 1. The first-order valence-corrected chi connectivity index (χ1v) is 5.80. The summed E-state index contributed by atoms with van der Waals surface area (Å²) in [6, 6.07) is 3.40. The smallest absolute Gasteiger partial charge is 0.320 e. The van der Waals surface area contributed by atoms with Crippen molar-refractivity contribution in [2.75, 3.05) is 18.5 Å². The monoisotopic (exact) mass is 285 g/mol. The lowest BCUT2D eigenvalue weighted by Gasteiger charge is -2.11. The van der Waals surface area contributed by atoms with Crippen LogP contribution in [0.5, 0.6) is 0 Å². The van der Waals surface area contributed by atoms with Gasteiger partial charge in [-0.15, -0.1) is 0 Å². The van der Waals surface area contributed by atoms with E-state index in [1.165, 1.54) is 0 Å². The molecule has 0 saturated carbocycles. The van der Waals surface area contributed by atoms with Crippen molar-refractivity contribution in [2.24, 2.45) is 0 Å². The Morgan fingerprint density at radius 3 is 3.19 bits per heavy atom. The van der Waals surface area contributed by atoms with Crippen molar-refractivity contribution >= 4 is 27.8 Å². The highest BCUT2D eigenvalue weighted by molar-refractivity contribution is 9.10. The van der Waals surface area contributed by atoms with E-state index < -0.39 is 0 Å². The second-order valence-corrected chi connectivity index (χ2v) is 4.43. The van der Waals surface area contributed by atoms with Crippen molar-refractivity contribution in [3.8, 4) is 0 Å². The standard InChI is InChI=1S/C10H12BrN3O2/c11-7-1-3-12-9(5-7)14-10(15)13-8-2-4-16-6-8/h1,3,5,8H,2,4,6H2,(H2,12,13,14,15). The van der Waals surface area contributed by atoms with Gasteiger partial charge in [-0.2, -0.15) is 0 Å². The number of nitrogens with one attached hydrogen (secondary N) is 2. The van der Waals surface area contributed by atoms with Gasteiger partial charge in [0.25, 0.3) is 0 Å². The molecule has 2 N–H and O–H groups in total. The average molecular weight is 286 g/mol. The summed E-state index contributed by atoms with van der Waals surface area (Å²) in [4.78, 5) is 15.6. The van der Waals surface area contributed by atoms with E-state index >= 15 is 0 Å². The number of hydrogen-bond acceptors (Lipinski definition) is 3. The first-order valence-electron chi connectivity index (χ1n) is 5.01. The van der Waals surface area contributed by atoms with Crippen molar-refractivity contribution in [2.45, 2.75) is 12.5 Å². The van der Waals surface area contributed by atoms with Crippen LogP contribution in [0.4, 0.5) is 10.6 Å². The minimum Gasteiger partial charge on any atom is -0.379 e. The van der Waals surface area contributed by atoms with Crippen LogP contribution in [0.3, 0.4) is 0 Å². The molecule has 6 heteroatoms. The van der Waals surface area contributed by atoms with E-state index in [0.29, 0.717) is 19.0 Å². The highest BCUT2D eigenvalue weighted by Gasteiger charge is 2.17. The molecule has 1 aliphatic heterocycles. The number of aromatic nitrogens is 1. The molecule has 1 aliphatic rings. The molecule has 0 aromatic carbocycles. The molecule has 5 nitrogen and oxygen atoms in total. The third kappa shape index (κ3) is 3.18. The zero-order valence-corrected chi connectivity index (χ0v) is 10.2. The second-order valence-electron chi connectivity index (χ2n) is 3.52. The normalized spacial score (nSPS) is 19.4. The van der Waals surface area contributed by atoms with Crippen molar-refractivity contribution < 1.29 is 9.53 Å². The van der Waals surface area contributed by atoms with Crippen LogP contribution in [0.1, 0.15) is 6.42 Å². The number of amides is 2. The van der Waals surface area contributed by atoms with Crippen molar-refractivity contribution in [3.05, 3.63) is 22.8 Å². The molecule has 2 amide bonds. The SMILES string of the molecule is O=C(Nc1cc(Br)ccn1)NC1CCOC1. The minimum atomic E-state index is -0.249. The number of nitrogens with zero attached hydrogens (tertiary/aromatic N) is 1. The Morgan fingerprint density at radius 2 is 2.50 bits per heavy atom. The van der Waals surface area contributed by atoms with E-state index in [2.05, 4.69) is 31.5 Å². The van der Waals surface area contributed by atoms with Crippen LogP contribution < -0.4 is 10.6 Å². The van der Waals surface area contributed by atoms with Gasteiger partial charge >= 0.3 is 6.03 Å². The summed E-state index contributed by atoms with van der Waals surface area (Å²) in [5, 5.41) is 5.48. The number of rotatable bonds is 2. The largest absolute Gasteiger partial charge is 0.379 e. The van der Waals surface area contributed by atoms with Crippen LogP contribution in [0.2, 0.25) is 0 Å². The van der Waals surface area contributed by atoms with E-state index in [4.69, 9.17) is 4.74 Å². The summed E-state index contributed by atoms with van der Waals surface area (Å²) in [5.74, 6) is 0.519. The molecule has 86 valence electrons. The molecule has 1 saturated heterocycles. The maximum Gasteiger partial charge on any atom is 0.320 e. The Kier molecular flexibility index (Phi) is 3.74. The molecule has 2 rings (SSSR count). The van der Waals surface area contributed by atoms with Gasteiger partial charge in [0, 0.05) is 17.3 Å². The summed E-state index contributed by atoms with van der Waals surface area (Å²) in [6.07, 6.45) is 2.48. The van der Waals surface area contributed by atoms with E-state index in [1.807, 2.05) is 0 Å². The molecule has 16 heavy (non-hydrogen) atoms. The lowest BCUT2D eigenvalue weighted by atomic mass is 10.3. The van der Waals surface area contributed by atoms with Gasteiger partial charge < -0.3 is 10.1 Å². The molecular formula is C10H12BrN3O2. The van der Waals surface area contributed by atoms with Crippen LogP contribution in [0, 0.1) is 0 Å². The van der Waals surface area contributed by atoms with E-state index in [1.54, 1.807) is 18.3 Å². The predicted molar refractivity (Wildman–Crippen MR) is 63.3 cm³/mol. The molecule has 1 aromatic rings. The average Bonchev–Trinajstić information content (AvgIpc) is 2.70. The molecule has 2 heterocycles. The third-order valence-corrected chi connectivity index (χ3v) is 2.72. The van der Waals surface area contributed by atoms with E-state index in [9.17, 15) is 4.79 Å². The molecule has 1 aromatic heterocycles. The van der Waals surface area contributed by atoms with Gasteiger partial charge in [0.2, 0.25) is 0 Å². The number of pyridine rings is 1. The predicted octanol–water partition coefficient (Wildman–Crippen LogP) is 1.75. The molecule has 1 unspecified atom stereocenters. The molecule has 1 atom stereocenters. The lowest BCUT2D eigenvalue weighted by Crippen LogP contribution is -2.38. The number of carbonyl (C=O) groups excluding carboxylic acids is 1. The van der Waals surface area contributed by atoms with Crippen molar-refractivity contribution in [1.82, 2.24) is 10.3 Å². The molecule has 0 spiro atoms. The van der Waals surface area contributed by atoms with E-state index in [0.717, 1.165) is 10.9 Å². The number of carbonyl (C=O) groups is 1. The Balaban J connectivity index is 1.86. The number of ether oxygens (including phenoxy) is 1. The Hall–Kier alpha value is -1.14. The Labute approximate surface area is 102 Å². The second kappa shape index (κ2) is 5.27.